The van der Waals surface area contributed by atoms with Crippen molar-refractivity contribution < 1.29 is 4.21 Å². The molecule has 2 atom stereocenters. The number of hydrogen-bond donors (Lipinski definition) is 1. The highest BCUT2D eigenvalue weighted by Gasteiger charge is 2.05. The highest BCUT2D eigenvalue weighted by atomic mass is 32.2. The van der Waals surface area contributed by atoms with Gasteiger partial charge in [0.15, 0.2) is 0 Å². The molecule has 0 radical (unpaired) electrons. The average Bonchev–Trinajstić information content (AvgIpc) is 2.52. The summed E-state index contributed by atoms with van der Waals surface area (Å²) in [6, 6.07) is 18.9. The van der Waals surface area contributed by atoms with E-state index in [9.17, 15) is 4.21 Å². The van der Waals surface area contributed by atoms with Gasteiger partial charge in [0.1, 0.15) is 0 Å². The molecule has 0 amide bonds. The van der Waals surface area contributed by atoms with E-state index in [4.69, 9.17) is 0 Å². The summed E-state index contributed by atoms with van der Waals surface area (Å²) in [6.07, 6.45) is 3.94. The normalized spacial score (nSPS) is 13.8. The Morgan fingerprint density at radius 2 is 1.71 bits per heavy atom. The number of nitrogens with one attached hydrogen (secondary N) is 1. The van der Waals surface area contributed by atoms with Gasteiger partial charge in [-0.1, -0.05) is 42.5 Å². The molecule has 2 rings (SSSR count). The summed E-state index contributed by atoms with van der Waals surface area (Å²) in [4.78, 5) is 0.884. The summed E-state index contributed by atoms with van der Waals surface area (Å²) < 4.78 is 11.4. The Morgan fingerprint density at radius 3 is 2.33 bits per heavy atom. The fourth-order valence-electron chi connectivity index (χ4n) is 2.32. The van der Waals surface area contributed by atoms with E-state index in [1.807, 2.05) is 12.1 Å². The molecule has 0 fully saturated rings. The minimum Gasteiger partial charge on any atom is -0.310 e. The first-order valence-corrected chi connectivity index (χ1v) is 8.93. The topological polar surface area (TPSA) is 29.1 Å². The van der Waals surface area contributed by atoms with Crippen LogP contribution in [0.4, 0.5) is 0 Å². The fourth-order valence-corrected chi connectivity index (χ4v) is 2.84. The molecule has 2 unspecified atom stereocenters. The first-order valence-electron chi connectivity index (χ1n) is 7.37. The molecule has 2 aromatic carbocycles. The van der Waals surface area contributed by atoms with Gasteiger partial charge in [-0.2, -0.15) is 0 Å². The molecule has 0 aromatic heterocycles. The van der Waals surface area contributed by atoms with E-state index < -0.39 is 10.8 Å². The molecule has 2 aromatic rings. The Hall–Kier alpha value is -1.45. The molecular formula is C18H23NOS. The Balaban J connectivity index is 1.76. The van der Waals surface area contributed by atoms with Crippen LogP contribution in [0.15, 0.2) is 59.5 Å². The Morgan fingerprint density at radius 1 is 1.05 bits per heavy atom. The second kappa shape index (κ2) is 8.11. The van der Waals surface area contributed by atoms with Gasteiger partial charge in [0.05, 0.1) is 0 Å². The van der Waals surface area contributed by atoms with Crippen molar-refractivity contribution in [1.82, 2.24) is 5.32 Å². The summed E-state index contributed by atoms with van der Waals surface area (Å²) in [5.74, 6) is 0. The van der Waals surface area contributed by atoms with Crippen molar-refractivity contribution >= 4 is 10.8 Å². The lowest BCUT2D eigenvalue weighted by molar-refractivity contribution is 0.558. The Kier molecular flexibility index (Phi) is 6.15. The van der Waals surface area contributed by atoms with Crippen LogP contribution in [0.3, 0.4) is 0 Å². The SMILES string of the molecule is CC(NCCCc1ccccc1)c1ccc(S(C)=O)cc1. The molecule has 0 saturated heterocycles. The van der Waals surface area contributed by atoms with E-state index in [-0.39, 0.29) is 0 Å². The van der Waals surface area contributed by atoms with E-state index in [2.05, 4.69) is 54.7 Å². The van der Waals surface area contributed by atoms with Crippen molar-refractivity contribution in [1.29, 1.82) is 0 Å². The maximum atomic E-state index is 11.4. The predicted molar refractivity (Wildman–Crippen MR) is 90.0 cm³/mol. The van der Waals surface area contributed by atoms with Crippen LogP contribution in [0, 0.1) is 0 Å². The lowest BCUT2D eigenvalue weighted by Gasteiger charge is -2.14. The molecule has 2 nitrogen and oxygen atoms in total. The summed E-state index contributed by atoms with van der Waals surface area (Å²) in [6.45, 7) is 3.16. The van der Waals surface area contributed by atoms with Gasteiger partial charge in [-0.3, -0.25) is 4.21 Å². The molecule has 1 N–H and O–H groups in total. The molecule has 0 aliphatic carbocycles. The van der Waals surface area contributed by atoms with E-state index in [0.29, 0.717) is 6.04 Å². The Labute approximate surface area is 130 Å². The summed E-state index contributed by atoms with van der Waals surface area (Å²) in [7, 11) is -0.899. The van der Waals surface area contributed by atoms with E-state index in [0.717, 1.165) is 24.3 Å². The molecule has 0 heterocycles. The minimum atomic E-state index is -0.899. The van der Waals surface area contributed by atoms with Crippen LogP contribution in [0.5, 0.6) is 0 Å². The zero-order valence-corrected chi connectivity index (χ0v) is 13.5. The molecule has 112 valence electrons. The van der Waals surface area contributed by atoms with Gasteiger partial charge >= 0.3 is 0 Å². The summed E-state index contributed by atoms with van der Waals surface area (Å²) in [5, 5.41) is 3.54. The second-order valence-electron chi connectivity index (χ2n) is 5.29. The third-order valence-electron chi connectivity index (χ3n) is 3.65. The van der Waals surface area contributed by atoms with Gasteiger partial charge in [0.2, 0.25) is 0 Å². The van der Waals surface area contributed by atoms with Crippen LogP contribution in [-0.2, 0) is 17.2 Å². The minimum absolute atomic E-state index is 0.320. The van der Waals surface area contributed by atoms with Gasteiger partial charge in [-0.05, 0) is 49.6 Å². The molecule has 0 bridgehead atoms. The van der Waals surface area contributed by atoms with Crippen molar-refractivity contribution in [3.8, 4) is 0 Å². The number of rotatable bonds is 7. The molecule has 0 saturated carbocycles. The standard InChI is InChI=1S/C18H23NOS/c1-15(17-10-12-18(13-11-17)21(2)20)19-14-6-9-16-7-4-3-5-8-16/h3-5,7-8,10-13,15,19H,6,9,14H2,1-2H3. The predicted octanol–water partition coefficient (Wildman–Crippen LogP) is 3.71. The molecular weight excluding hydrogens is 278 g/mol. The maximum absolute atomic E-state index is 11.4. The van der Waals surface area contributed by atoms with Gasteiger partial charge in [0.25, 0.3) is 0 Å². The number of benzene rings is 2. The van der Waals surface area contributed by atoms with Crippen LogP contribution < -0.4 is 5.32 Å². The van der Waals surface area contributed by atoms with Gasteiger partial charge in [-0.15, -0.1) is 0 Å². The van der Waals surface area contributed by atoms with E-state index in [1.54, 1.807) is 6.26 Å². The molecule has 3 heteroatoms. The van der Waals surface area contributed by atoms with E-state index >= 15 is 0 Å². The Bertz CT molecular complexity index is 566. The van der Waals surface area contributed by atoms with Crippen LogP contribution in [0.2, 0.25) is 0 Å². The van der Waals surface area contributed by atoms with Crippen molar-refractivity contribution in [3.63, 3.8) is 0 Å². The van der Waals surface area contributed by atoms with Gasteiger partial charge in [0, 0.05) is 28.0 Å². The zero-order valence-electron chi connectivity index (χ0n) is 12.7. The molecule has 0 aliphatic rings. The van der Waals surface area contributed by atoms with Crippen molar-refractivity contribution in [2.45, 2.75) is 30.7 Å². The van der Waals surface area contributed by atoms with E-state index in [1.165, 1.54) is 11.1 Å². The van der Waals surface area contributed by atoms with Crippen molar-refractivity contribution in [2.24, 2.45) is 0 Å². The summed E-state index contributed by atoms with van der Waals surface area (Å²) >= 11 is 0. The van der Waals surface area contributed by atoms with Crippen LogP contribution in [-0.4, -0.2) is 17.0 Å². The lowest BCUT2D eigenvalue weighted by Crippen LogP contribution is -2.20. The highest BCUT2D eigenvalue weighted by molar-refractivity contribution is 7.84. The quantitative estimate of drug-likeness (QED) is 0.790. The third kappa shape index (κ3) is 5.10. The zero-order chi connectivity index (χ0) is 15.1. The van der Waals surface area contributed by atoms with Gasteiger partial charge < -0.3 is 5.32 Å². The number of aryl methyl sites for hydroxylation is 1. The first kappa shape index (κ1) is 15.9. The van der Waals surface area contributed by atoms with Crippen molar-refractivity contribution in [3.05, 3.63) is 65.7 Å². The monoisotopic (exact) mass is 301 g/mol. The lowest BCUT2D eigenvalue weighted by atomic mass is 10.1. The van der Waals surface area contributed by atoms with Crippen LogP contribution >= 0.6 is 0 Å². The summed E-state index contributed by atoms with van der Waals surface area (Å²) in [5.41, 5.74) is 2.63. The van der Waals surface area contributed by atoms with Crippen LogP contribution in [0.1, 0.15) is 30.5 Å². The van der Waals surface area contributed by atoms with Crippen molar-refractivity contribution in [2.75, 3.05) is 12.8 Å². The first-order chi connectivity index (χ1) is 10.2. The largest absolute Gasteiger partial charge is 0.310 e. The maximum Gasteiger partial charge on any atom is 0.0498 e. The molecule has 21 heavy (non-hydrogen) atoms. The smallest absolute Gasteiger partial charge is 0.0498 e. The second-order valence-corrected chi connectivity index (χ2v) is 6.67. The molecule has 0 spiro atoms. The fraction of sp³-hybridized carbons (Fsp3) is 0.333. The third-order valence-corrected chi connectivity index (χ3v) is 4.58. The van der Waals surface area contributed by atoms with Crippen LogP contribution in [0.25, 0.3) is 0 Å². The average molecular weight is 301 g/mol. The molecule has 0 aliphatic heterocycles. The number of hydrogen-bond acceptors (Lipinski definition) is 2. The highest BCUT2D eigenvalue weighted by Crippen LogP contribution is 2.15. The van der Waals surface area contributed by atoms with Gasteiger partial charge in [-0.25, -0.2) is 0 Å².